The zero-order valence-corrected chi connectivity index (χ0v) is 16.0. The molecule has 2 unspecified atom stereocenters. The molecular formula is C17H27BrN2O3. The van der Waals surface area contributed by atoms with Gasteiger partial charge in [-0.05, 0) is 74.5 Å². The summed E-state index contributed by atoms with van der Waals surface area (Å²) >= 11 is 3.31. The Morgan fingerprint density at radius 3 is 2.87 bits per heavy atom. The van der Waals surface area contributed by atoms with E-state index in [0.29, 0.717) is 18.5 Å². The van der Waals surface area contributed by atoms with Gasteiger partial charge >= 0.3 is 6.09 Å². The Balaban J connectivity index is 1.83. The first-order chi connectivity index (χ1) is 10.7. The number of amides is 1. The van der Waals surface area contributed by atoms with Crippen LogP contribution < -0.4 is 5.32 Å². The smallest absolute Gasteiger partial charge is 0.410 e. The standard InChI is InChI=1S/C17H27BrN2O3/c1-12(19-10-14-7-8-15(18)22-14)13-6-5-9-20(11-13)16(21)23-17(2,3)4/h7-8,12-13,19H,5-6,9-11H2,1-4H3. The molecule has 0 aromatic carbocycles. The number of nitrogens with zero attached hydrogens (tertiary/aromatic N) is 1. The average molecular weight is 387 g/mol. The summed E-state index contributed by atoms with van der Waals surface area (Å²) in [7, 11) is 0. The molecular weight excluding hydrogens is 360 g/mol. The molecule has 2 rings (SSSR count). The number of hydrogen-bond acceptors (Lipinski definition) is 4. The van der Waals surface area contributed by atoms with E-state index in [2.05, 4.69) is 28.2 Å². The number of hydrogen-bond donors (Lipinski definition) is 1. The Morgan fingerprint density at radius 1 is 1.52 bits per heavy atom. The van der Waals surface area contributed by atoms with Gasteiger partial charge < -0.3 is 19.4 Å². The van der Waals surface area contributed by atoms with Gasteiger partial charge in [0.05, 0.1) is 6.54 Å². The molecule has 0 radical (unpaired) electrons. The molecule has 1 saturated heterocycles. The maximum absolute atomic E-state index is 12.2. The van der Waals surface area contributed by atoms with Crippen LogP contribution in [-0.2, 0) is 11.3 Å². The van der Waals surface area contributed by atoms with Gasteiger partial charge in [0.15, 0.2) is 4.67 Å². The van der Waals surface area contributed by atoms with Crippen LogP contribution in [0.4, 0.5) is 4.79 Å². The van der Waals surface area contributed by atoms with Gasteiger partial charge in [-0.3, -0.25) is 0 Å². The zero-order chi connectivity index (χ0) is 17.0. The fraction of sp³-hybridized carbons (Fsp3) is 0.706. The quantitative estimate of drug-likeness (QED) is 0.843. The molecule has 0 bridgehead atoms. The molecule has 130 valence electrons. The fourth-order valence-corrected chi connectivity index (χ4v) is 3.13. The lowest BCUT2D eigenvalue weighted by Crippen LogP contribution is -2.47. The van der Waals surface area contributed by atoms with E-state index in [1.54, 1.807) is 0 Å². The topological polar surface area (TPSA) is 54.7 Å². The first-order valence-electron chi connectivity index (χ1n) is 8.20. The molecule has 0 saturated carbocycles. The summed E-state index contributed by atoms with van der Waals surface area (Å²) in [5.74, 6) is 1.33. The van der Waals surface area contributed by atoms with Gasteiger partial charge in [0.1, 0.15) is 11.4 Å². The Bertz CT molecular complexity index is 524. The van der Waals surface area contributed by atoms with Crippen molar-refractivity contribution >= 4 is 22.0 Å². The second kappa shape index (κ2) is 7.71. The van der Waals surface area contributed by atoms with Gasteiger partial charge in [-0.1, -0.05) is 0 Å². The van der Waals surface area contributed by atoms with Gasteiger partial charge in [-0.15, -0.1) is 0 Å². The molecule has 0 spiro atoms. The van der Waals surface area contributed by atoms with Crippen LogP contribution in [0.2, 0.25) is 0 Å². The number of carbonyl (C=O) groups excluding carboxylic acids is 1. The van der Waals surface area contributed by atoms with Crippen LogP contribution in [0.1, 0.15) is 46.3 Å². The first-order valence-corrected chi connectivity index (χ1v) is 8.99. The number of rotatable bonds is 4. The molecule has 6 heteroatoms. The predicted octanol–water partition coefficient (Wildman–Crippen LogP) is 4.17. The van der Waals surface area contributed by atoms with E-state index in [9.17, 15) is 4.79 Å². The highest BCUT2D eigenvalue weighted by Gasteiger charge is 2.30. The van der Waals surface area contributed by atoms with Gasteiger partial charge in [0, 0.05) is 19.1 Å². The number of likely N-dealkylation sites (tertiary alicyclic amines) is 1. The van der Waals surface area contributed by atoms with Crippen LogP contribution in [0.25, 0.3) is 0 Å². The molecule has 23 heavy (non-hydrogen) atoms. The molecule has 1 amide bonds. The molecule has 1 aromatic rings. The molecule has 1 fully saturated rings. The first kappa shape index (κ1) is 18.3. The van der Waals surface area contributed by atoms with Crippen molar-refractivity contribution in [2.75, 3.05) is 13.1 Å². The molecule has 2 heterocycles. The van der Waals surface area contributed by atoms with Crippen molar-refractivity contribution in [3.05, 3.63) is 22.6 Å². The number of halogens is 1. The van der Waals surface area contributed by atoms with Crippen LogP contribution in [0.3, 0.4) is 0 Å². The summed E-state index contributed by atoms with van der Waals surface area (Å²) in [6.07, 6.45) is 1.93. The summed E-state index contributed by atoms with van der Waals surface area (Å²) in [6, 6.07) is 4.16. The second-order valence-electron chi connectivity index (χ2n) is 7.20. The SMILES string of the molecule is CC(NCc1ccc(Br)o1)C1CCCN(C(=O)OC(C)(C)C)C1. The van der Waals surface area contributed by atoms with E-state index in [0.717, 1.165) is 36.4 Å². The maximum Gasteiger partial charge on any atom is 0.410 e. The number of piperidine rings is 1. The largest absolute Gasteiger partial charge is 0.453 e. The molecule has 0 aliphatic carbocycles. The summed E-state index contributed by atoms with van der Waals surface area (Å²) in [5.41, 5.74) is -0.444. The minimum absolute atomic E-state index is 0.204. The Kier molecular flexibility index (Phi) is 6.14. The molecule has 2 atom stereocenters. The van der Waals surface area contributed by atoms with Gasteiger partial charge in [0.2, 0.25) is 0 Å². The van der Waals surface area contributed by atoms with E-state index >= 15 is 0 Å². The van der Waals surface area contributed by atoms with Crippen LogP contribution in [-0.4, -0.2) is 35.7 Å². The number of carbonyl (C=O) groups is 1. The highest BCUT2D eigenvalue weighted by Crippen LogP contribution is 2.22. The van der Waals surface area contributed by atoms with Gasteiger partial charge in [-0.25, -0.2) is 4.79 Å². The number of nitrogens with one attached hydrogen (secondary N) is 1. The fourth-order valence-electron chi connectivity index (χ4n) is 2.79. The Labute approximate surface area is 146 Å². The number of furan rings is 1. The van der Waals surface area contributed by atoms with Gasteiger partial charge in [-0.2, -0.15) is 0 Å². The monoisotopic (exact) mass is 386 g/mol. The minimum atomic E-state index is -0.444. The van der Waals surface area contributed by atoms with E-state index in [1.165, 1.54) is 0 Å². The lowest BCUT2D eigenvalue weighted by atomic mass is 9.92. The lowest BCUT2D eigenvalue weighted by Gasteiger charge is -2.36. The molecule has 5 nitrogen and oxygen atoms in total. The van der Waals surface area contributed by atoms with Crippen molar-refractivity contribution < 1.29 is 13.9 Å². The normalized spacial score (nSPS) is 20.4. The van der Waals surface area contributed by atoms with E-state index in [-0.39, 0.29) is 6.09 Å². The Morgan fingerprint density at radius 2 is 2.26 bits per heavy atom. The van der Waals surface area contributed by atoms with Crippen LogP contribution in [0.15, 0.2) is 21.2 Å². The Hall–Kier alpha value is -1.01. The van der Waals surface area contributed by atoms with Crippen molar-refractivity contribution in [1.29, 1.82) is 0 Å². The zero-order valence-electron chi connectivity index (χ0n) is 14.4. The third-order valence-corrected chi connectivity index (χ3v) is 4.47. The van der Waals surface area contributed by atoms with Crippen molar-refractivity contribution in [2.24, 2.45) is 5.92 Å². The highest BCUT2D eigenvalue weighted by molar-refractivity contribution is 9.10. The third kappa shape index (κ3) is 5.84. The van der Waals surface area contributed by atoms with Crippen molar-refractivity contribution in [1.82, 2.24) is 10.2 Å². The lowest BCUT2D eigenvalue weighted by molar-refractivity contribution is 0.0147. The summed E-state index contributed by atoms with van der Waals surface area (Å²) in [5, 5.41) is 3.50. The number of ether oxygens (including phenoxy) is 1. The van der Waals surface area contributed by atoms with Gasteiger partial charge in [0.25, 0.3) is 0 Å². The predicted molar refractivity (Wildman–Crippen MR) is 93.2 cm³/mol. The van der Waals surface area contributed by atoms with Crippen molar-refractivity contribution in [3.63, 3.8) is 0 Å². The average Bonchev–Trinajstić information content (AvgIpc) is 2.89. The molecule has 1 aliphatic heterocycles. The molecule has 1 aromatic heterocycles. The summed E-state index contributed by atoms with van der Waals surface area (Å²) < 4.78 is 11.7. The van der Waals surface area contributed by atoms with Crippen LogP contribution in [0.5, 0.6) is 0 Å². The highest BCUT2D eigenvalue weighted by atomic mass is 79.9. The van der Waals surface area contributed by atoms with E-state index in [1.807, 2.05) is 37.8 Å². The minimum Gasteiger partial charge on any atom is -0.453 e. The molecule has 1 N–H and O–H groups in total. The van der Waals surface area contributed by atoms with E-state index < -0.39 is 5.60 Å². The van der Waals surface area contributed by atoms with Crippen LogP contribution in [0, 0.1) is 5.92 Å². The van der Waals surface area contributed by atoms with E-state index in [4.69, 9.17) is 9.15 Å². The summed E-state index contributed by atoms with van der Waals surface area (Å²) in [6.45, 7) is 10.1. The third-order valence-electron chi connectivity index (χ3n) is 4.04. The maximum atomic E-state index is 12.2. The molecule has 1 aliphatic rings. The van der Waals surface area contributed by atoms with Crippen molar-refractivity contribution in [2.45, 2.75) is 58.7 Å². The van der Waals surface area contributed by atoms with Crippen LogP contribution >= 0.6 is 15.9 Å². The second-order valence-corrected chi connectivity index (χ2v) is 7.99. The summed E-state index contributed by atoms with van der Waals surface area (Å²) in [4.78, 5) is 14.1. The van der Waals surface area contributed by atoms with Crippen molar-refractivity contribution in [3.8, 4) is 0 Å².